The molecule has 0 spiro atoms. The molecule has 0 radical (unpaired) electrons. The maximum absolute atomic E-state index is 13.0. The van der Waals surface area contributed by atoms with Gasteiger partial charge in [0.05, 0.1) is 11.7 Å². The van der Waals surface area contributed by atoms with Crippen molar-refractivity contribution in [2.45, 2.75) is 82.5 Å². The van der Waals surface area contributed by atoms with Gasteiger partial charge in [-0.25, -0.2) is 0 Å². The fraction of sp³-hybridized carbons (Fsp3) is 0.778. The molecule has 126 valence electrons. The molecule has 1 saturated carbocycles. The summed E-state index contributed by atoms with van der Waals surface area (Å²) in [6, 6.07) is 2.88. The second kappa shape index (κ2) is 6.63. The average Bonchev–Trinajstić information content (AvgIpc) is 3.07. The summed E-state index contributed by atoms with van der Waals surface area (Å²) in [4.78, 5) is 15.2. The molecule has 1 N–H and O–H groups in total. The Morgan fingerprint density at radius 3 is 2.61 bits per heavy atom. The Kier molecular flexibility index (Phi) is 4.38. The molecular formula is C18H28N4O. The van der Waals surface area contributed by atoms with Gasteiger partial charge in [-0.05, 0) is 44.6 Å². The van der Waals surface area contributed by atoms with Crippen LogP contribution >= 0.6 is 0 Å². The molecule has 1 amide bonds. The van der Waals surface area contributed by atoms with Gasteiger partial charge in [0, 0.05) is 31.4 Å². The predicted molar refractivity (Wildman–Crippen MR) is 88.9 cm³/mol. The summed E-state index contributed by atoms with van der Waals surface area (Å²) in [5, 5.41) is 8.06. The molecule has 2 unspecified atom stereocenters. The lowest BCUT2D eigenvalue weighted by atomic mass is 9.91. The smallest absolute Gasteiger partial charge is 0.239 e. The molecule has 4 rings (SSSR count). The molecule has 2 aliphatic heterocycles. The van der Waals surface area contributed by atoms with Crippen LogP contribution in [0.3, 0.4) is 0 Å². The first-order valence-electron chi connectivity index (χ1n) is 9.41. The highest BCUT2D eigenvalue weighted by atomic mass is 16.2. The zero-order valence-electron chi connectivity index (χ0n) is 13.9. The Morgan fingerprint density at radius 2 is 1.74 bits per heavy atom. The minimum Gasteiger partial charge on any atom is -0.338 e. The molecule has 23 heavy (non-hydrogen) atoms. The highest BCUT2D eigenvalue weighted by molar-refractivity contribution is 5.83. The number of hydrogen-bond acceptors (Lipinski definition) is 3. The van der Waals surface area contributed by atoms with Gasteiger partial charge in [0.25, 0.3) is 0 Å². The molecule has 0 bridgehead atoms. The number of fused-ring (bicyclic) bond motifs is 1. The van der Waals surface area contributed by atoms with Crippen molar-refractivity contribution >= 4 is 5.91 Å². The van der Waals surface area contributed by atoms with E-state index in [1.54, 1.807) is 0 Å². The molecule has 5 nitrogen and oxygen atoms in total. The molecule has 1 aromatic rings. The van der Waals surface area contributed by atoms with E-state index in [0.29, 0.717) is 11.9 Å². The highest BCUT2D eigenvalue weighted by Crippen LogP contribution is 2.29. The van der Waals surface area contributed by atoms with E-state index in [0.717, 1.165) is 38.8 Å². The van der Waals surface area contributed by atoms with Crippen molar-refractivity contribution in [3.63, 3.8) is 0 Å². The number of likely N-dealkylation sites (tertiary alicyclic amines) is 1. The SMILES string of the molecule is O=C1C(NC2CCCn3nccc32)CCCN1C1CCCCC1. The quantitative estimate of drug-likeness (QED) is 0.932. The first kappa shape index (κ1) is 15.2. The Bertz CT molecular complexity index is 549. The molecular weight excluding hydrogens is 288 g/mol. The number of nitrogens with one attached hydrogen (secondary N) is 1. The monoisotopic (exact) mass is 316 g/mol. The third-order valence-electron chi connectivity index (χ3n) is 5.86. The summed E-state index contributed by atoms with van der Waals surface area (Å²) in [5.74, 6) is 0.347. The van der Waals surface area contributed by atoms with Gasteiger partial charge < -0.3 is 4.90 Å². The summed E-state index contributed by atoms with van der Waals surface area (Å²) in [5.41, 5.74) is 1.25. The number of rotatable bonds is 3. The van der Waals surface area contributed by atoms with Crippen LogP contribution in [0.1, 0.15) is 69.5 Å². The van der Waals surface area contributed by atoms with Gasteiger partial charge in [0.1, 0.15) is 0 Å². The van der Waals surface area contributed by atoms with Gasteiger partial charge >= 0.3 is 0 Å². The van der Waals surface area contributed by atoms with E-state index in [-0.39, 0.29) is 12.1 Å². The zero-order chi connectivity index (χ0) is 15.6. The first-order chi connectivity index (χ1) is 11.3. The van der Waals surface area contributed by atoms with Crippen LogP contribution in [0.4, 0.5) is 0 Å². The number of hydrogen-bond donors (Lipinski definition) is 1. The van der Waals surface area contributed by atoms with E-state index in [9.17, 15) is 4.79 Å². The summed E-state index contributed by atoms with van der Waals surface area (Å²) < 4.78 is 2.09. The molecule has 1 aliphatic carbocycles. The molecule has 3 heterocycles. The van der Waals surface area contributed by atoms with Gasteiger partial charge in [0.15, 0.2) is 0 Å². The Morgan fingerprint density at radius 1 is 0.957 bits per heavy atom. The first-order valence-corrected chi connectivity index (χ1v) is 9.41. The fourth-order valence-corrected chi connectivity index (χ4v) is 4.64. The van der Waals surface area contributed by atoms with Gasteiger partial charge in [-0.1, -0.05) is 19.3 Å². The van der Waals surface area contributed by atoms with Gasteiger partial charge in [-0.15, -0.1) is 0 Å². The number of piperidine rings is 1. The largest absolute Gasteiger partial charge is 0.338 e. The van der Waals surface area contributed by atoms with Crippen molar-refractivity contribution in [3.05, 3.63) is 18.0 Å². The van der Waals surface area contributed by atoms with Crippen molar-refractivity contribution in [2.24, 2.45) is 0 Å². The third kappa shape index (κ3) is 3.03. The average molecular weight is 316 g/mol. The molecule has 2 fully saturated rings. The topological polar surface area (TPSA) is 50.2 Å². The third-order valence-corrected chi connectivity index (χ3v) is 5.86. The van der Waals surface area contributed by atoms with E-state index < -0.39 is 0 Å². The van der Waals surface area contributed by atoms with E-state index in [4.69, 9.17) is 0 Å². The van der Waals surface area contributed by atoms with Crippen LogP contribution in [0.5, 0.6) is 0 Å². The Labute approximate surface area is 138 Å². The number of amides is 1. The highest BCUT2D eigenvalue weighted by Gasteiger charge is 2.35. The summed E-state index contributed by atoms with van der Waals surface area (Å²) >= 11 is 0. The Balaban J connectivity index is 1.44. The van der Waals surface area contributed by atoms with E-state index >= 15 is 0 Å². The molecule has 2 atom stereocenters. The number of aryl methyl sites for hydroxylation is 1. The van der Waals surface area contributed by atoms with Crippen molar-refractivity contribution in [2.75, 3.05) is 6.54 Å². The molecule has 1 aromatic heterocycles. The minimum absolute atomic E-state index is 0.00266. The lowest BCUT2D eigenvalue weighted by Gasteiger charge is -2.41. The minimum atomic E-state index is -0.00266. The van der Waals surface area contributed by atoms with Crippen LogP contribution in [-0.2, 0) is 11.3 Å². The van der Waals surface area contributed by atoms with E-state index in [1.165, 1.54) is 37.8 Å². The zero-order valence-corrected chi connectivity index (χ0v) is 13.9. The maximum atomic E-state index is 13.0. The van der Waals surface area contributed by atoms with Crippen LogP contribution < -0.4 is 5.32 Å². The van der Waals surface area contributed by atoms with Gasteiger partial charge in [-0.2, -0.15) is 5.10 Å². The second-order valence-corrected chi connectivity index (χ2v) is 7.36. The number of aromatic nitrogens is 2. The summed E-state index contributed by atoms with van der Waals surface area (Å²) in [6.07, 6.45) is 12.6. The van der Waals surface area contributed by atoms with E-state index in [1.807, 2.05) is 6.20 Å². The summed E-state index contributed by atoms with van der Waals surface area (Å²) in [6.45, 7) is 1.97. The van der Waals surface area contributed by atoms with Crippen LogP contribution in [0.15, 0.2) is 12.3 Å². The Hall–Kier alpha value is -1.36. The van der Waals surface area contributed by atoms with Gasteiger partial charge in [0.2, 0.25) is 5.91 Å². The molecule has 3 aliphatic rings. The number of carbonyl (C=O) groups is 1. The van der Waals surface area contributed by atoms with Crippen molar-refractivity contribution in [1.29, 1.82) is 0 Å². The normalized spacial score (nSPS) is 29.6. The molecule has 5 heteroatoms. The summed E-state index contributed by atoms with van der Waals surface area (Å²) in [7, 11) is 0. The van der Waals surface area contributed by atoms with Crippen molar-refractivity contribution in [3.8, 4) is 0 Å². The second-order valence-electron chi connectivity index (χ2n) is 7.36. The fourth-order valence-electron chi connectivity index (χ4n) is 4.64. The maximum Gasteiger partial charge on any atom is 0.239 e. The predicted octanol–water partition coefficient (Wildman–Crippen LogP) is 2.63. The van der Waals surface area contributed by atoms with Crippen LogP contribution in [0.2, 0.25) is 0 Å². The van der Waals surface area contributed by atoms with Crippen molar-refractivity contribution < 1.29 is 4.79 Å². The van der Waals surface area contributed by atoms with Crippen LogP contribution in [-0.4, -0.2) is 39.2 Å². The number of nitrogens with zero attached hydrogens (tertiary/aromatic N) is 3. The molecule has 0 aromatic carbocycles. The number of carbonyl (C=O) groups excluding carboxylic acids is 1. The lowest BCUT2D eigenvalue weighted by Crippen LogP contribution is -2.55. The van der Waals surface area contributed by atoms with Crippen LogP contribution in [0, 0.1) is 0 Å². The standard InChI is InChI=1S/C18H28N4O/c23-18-16(9-4-12-21(18)14-6-2-1-3-7-14)20-15-8-5-13-22-17(15)10-11-19-22/h10-11,14-16,20H,1-9,12-13H2. The lowest BCUT2D eigenvalue weighted by molar-refractivity contribution is -0.139. The van der Waals surface area contributed by atoms with Gasteiger partial charge in [-0.3, -0.25) is 14.8 Å². The molecule has 1 saturated heterocycles. The van der Waals surface area contributed by atoms with Crippen LogP contribution in [0.25, 0.3) is 0 Å². The van der Waals surface area contributed by atoms with E-state index in [2.05, 4.69) is 26.1 Å². The van der Waals surface area contributed by atoms with Crippen molar-refractivity contribution in [1.82, 2.24) is 20.0 Å².